The first-order chi connectivity index (χ1) is 17.6. The molecule has 36 heavy (non-hydrogen) atoms. The molecule has 0 unspecified atom stereocenters. The number of piperidine rings is 1. The molecule has 2 fully saturated rings. The number of hydrogen-bond donors (Lipinski definition) is 3. The second-order valence-corrected chi connectivity index (χ2v) is 8.79. The minimum absolute atomic E-state index is 0.0731. The molecule has 2 atom stereocenters. The van der Waals surface area contributed by atoms with E-state index in [9.17, 15) is 9.59 Å². The normalized spacial score (nSPS) is 20.3. The molecule has 1 aromatic carbocycles. The zero-order valence-electron chi connectivity index (χ0n) is 20.2. The number of carbonyl (C=O) groups excluding carboxylic acids is 2. The van der Waals surface area contributed by atoms with Crippen molar-refractivity contribution in [2.24, 2.45) is 5.16 Å². The Morgan fingerprint density at radius 2 is 2.06 bits per heavy atom. The number of amides is 2. The summed E-state index contributed by atoms with van der Waals surface area (Å²) < 4.78 is 11.0. The average molecular weight is 500 g/mol. The van der Waals surface area contributed by atoms with Crippen LogP contribution in [0.4, 0.5) is 5.82 Å². The predicted molar refractivity (Wildman–Crippen MR) is 132 cm³/mol. The van der Waals surface area contributed by atoms with E-state index >= 15 is 0 Å². The summed E-state index contributed by atoms with van der Waals surface area (Å²) in [6.07, 6.45) is 6.66. The number of aromatic nitrogens is 2. The largest absolute Gasteiger partial charge is 0.494 e. The van der Waals surface area contributed by atoms with Gasteiger partial charge in [0.25, 0.3) is 11.8 Å². The first kappa shape index (κ1) is 25.6. The maximum absolute atomic E-state index is 13.3. The summed E-state index contributed by atoms with van der Waals surface area (Å²) in [6, 6.07) is 8.59. The van der Waals surface area contributed by atoms with Crippen LogP contribution in [-0.4, -0.2) is 70.9 Å². The molecule has 0 aliphatic carbocycles. The van der Waals surface area contributed by atoms with E-state index < -0.39 is 12.2 Å². The van der Waals surface area contributed by atoms with Gasteiger partial charge < -0.3 is 29.6 Å². The van der Waals surface area contributed by atoms with Crippen LogP contribution in [0.5, 0.6) is 5.75 Å². The zero-order chi connectivity index (χ0) is 25.2. The van der Waals surface area contributed by atoms with E-state index in [1.165, 1.54) is 0 Å². The quantitative estimate of drug-likeness (QED) is 0.259. The van der Waals surface area contributed by atoms with E-state index in [1.54, 1.807) is 30.3 Å². The van der Waals surface area contributed by atoms with Crippen molar-refractivity contribution >= 4 is 23.8 Å². The van der Waals surface area contributed by atoms with Gasteiger partial charge in [0.15, 0.2) is 5.82 Å². The molecule has 2 aliphatic heterocycles. The molecule has 3 N–H and O–H groups in total. The van der Waals surface area contributed by atoms with Crippen LogP contribution in [0.15, 0.2) is 35.5 Å². The van der Waals surface area contributed by atoms with Gasteiger partial charge in [0, 0.05) is 37.6 Å². The molecule has 1 aromatic heterocycles. The number of likely N-dealkylation sites (tertiary alicyclic amines) is 1. The maximum atomic E-state index is 13.3. The molecule has 0 saturated carbocycles. The fourth-order valence-corrected chi connectivity index (χ4v) is 4.28. The summed E-state index contributed by atoms with van der Waals surface area (Å²) in [5.74, 6) is 0.458. The lowest BCUT2D eigenvalue weighted by Gasteiger charge is -2.35. The lowest BCUT2D eigenvalue weighted by atomic mass is 9.98. The number of nitrogens with zero attached hydrogens (tertiary/aromatic N) is 3. The summed E-state index contributed by atoms with van der Waals surface area (Å²) >= 11 is 0. The Bertz CT molecular complexity index is 1020. The van der Waals surface area contributed by atoms with Crippen molar-refractivity contribution in [2.75, 3.05) is 31.7 Å². The highest BCUT2D eigenvalue weighted by Gasteiger charge is 2.30. The van der Waals surface area contributed by atoms with Crippen molar-refractivity contribution in [3.63, 3.8) is 0 Å². The highest BCUT2D eigenvalue weighted by molar-refractivity contribution is 6.31. The van der Waals surface area contributed by atoms with Gasteiger partial charge in [0.05, 0.1) is 24.9 Å². The molecule has 0 radical (unpaired) electrons. The fourth-order valence-electron chi connectivity index (χ4n) is 4.28. The SMILES string of the molecule is O=C(/C=N/O[C@@H]1CCCCO1)Nc1cc([C@H]2CCCCN2C(=O)c2ccc(OCCCO)cc2)[nH]n1. The average Bonchev–Trinajstić information content (AvgIpc) is 3.37. The van der Waals surface area contributed by atoms with Gasteiger partial charge in [-0.05, 0) is 56.4 Å². The Hall–Kier alpha value is -3.44. The van der Waals surface area contributed by atoms with Crippen LogP contribution in [0.25, 0.3) is 0 Å². The number of anilines is 1. The van der Waals surface area contributed by atoms with Crippen LogP contribution in [0.3, 0.4) is 0 Å². The van der Waals surface area contributed by atoms with Gasteiger partial charge in [-0.1, -0.05) is 5.16 Å². The number of rotatable bonds is 10. The number of H-pyrrole nitrogens is 1. The van der Waals surface area contributed by atoms with Gasteiger partial charge in [-0.25, -0.2) is 0 Å². The molecule has 11 nitrogen and oxygen atoms in total. The standard InChI is InChI=1S/C25H33N5O6/c31-13-5-15-34-19-10-8-18(9-11-19)25(33)30-12-3-1-6-21(30)20-16-22(29-28-20)27-23(32)17-26-36-24-7-2-4-14-35-24/h8-11,16-17,21,24,31H,1-7,12-15H2,(H2,27,28,29,32)/b26-17+/t21-,24-/m1/s1. The molecule has 4 rings (SSSR count). The number of nitrogens with one attached hydrogen (secondary N) is 2. The maximum Gasteiger partial charge on any atom is 0.271 e. The lowest BCUT2D eigenvalue weighted by Crippen LogP contribution is -2.38. The number of aliphatic hydroxyl groups excluding tert-OH is 1. The van der Waals surface area contributed by atoms with E-state index in [0.717, 1.165) is 50.4 Å². The van der Waals surface area contributed by atoms with Gasteiger partial charge in [0.2, 0.25) is 6.29 Å². The van der Waals surface area contributed by atoms with Crippen molar-refractivity contribution in [3.05, 3.63) is 41.6 Å². The number of hydrogen-bond acceptors (Lipinski definition) is 8. The molecule has 194 valence electrons. The summed E-state index contributed by atoms with van der Waals surface area (Å²) in [4.78, 5) is 32.5. The number of benzene rings is 1. The van der Waals surface area contributed by atoms with Gasteiger partial charge >= 0.3 is 0 Å². The summed E-state index contributed by atoms with van der Waals surface area (Å²) in [5.41, 5.74) is 1.33. The first-order valence-electron chi connectivity index (χ1n) is 12.5. The van der Waals surface area contributed by atoms with Crippen molar-refractivity contribution in [1.82, 2.24) is 15.1 Å². The number of oxime groups is 1. The highest BCUT2D eigenvalue weighted by atomic mass is 16.8. The number of carbonyl (C=O) groups is 2. The Balaban J connectivity index is 1.34. The van der Waals surface area contributed by atoms with Gasteiger partial charge in [-0.15, -0.1) is 0 Å². The van der Waals surface area contributed by atoms with Crippen LogP contribution in [-0.2, 0) is 14.4 Å². The third kappa shape index (κ3) is 7.05. The van der Waals surface area contributed by atoms with Crippen molar-refractivity contribution < 1.29 is 29.0 Å². The van der Waals surface area contributed by atoms with Crippen LogP contribution < -0.4 is 10.1 Å². The molecule has 0 spiro atoms. The Labute approximate surface area is 209 Å². The van der Waals surface area contributed by atoms with Crippen LogP contribution in [0.1, 0.15) is 67.0 Å². The topological polar surface area (TPSA) is 138 Å². The molecule has 2 amide bonds. The molecule has 2 aromatic rings. The van der Waals surface area contributed by atoms with E-state index in [4.69, 9.17) is 19.4 Å². The monoisotopic (exact) mass is 499 g/mol. The molecule has 3 heterocycles. The van der Waals surface area contributed by atoms with Crippen molar-refractivity contribution in [2.45, 2.75) is 57.3 Å². The van der Waals surface area contributed by atoms with E-state index in [-0.39, 0.29) is 18.6 Å². The van der Waals surface area contributed by atoms with Gasteiger partial charge in [-0.3, -0.25) is 14.7 Å². The van der Waals surface area contributed by atoms with Crippen molar-refractivity contribution in [3.8, 4) is 5.75 Å². The van der Waals surface area contributed by atoms with Crippen LogP contribution in [0, 0.1) is 0 Å². The van der Waals surface area contributed by atoms with Gasteiger partial charge in [0.1, 0.15) is 12.0 Å². The third-order valence-corrected chi connectivity index (χ3v) is 6.13. The summed E-state index contributed by atoms with van der Waals surface area (Å²) in [6.45, 7) is 1.76. The minimum atomic E-state index is -0.471. The molecule has 2 aliphatic rings. The molecule has 2 saturated heterocycles. The number of ether oxygens (including phenoxy) is 2. The zero-order valence-corrected chi connectivity index (χ0v) is 20.2. The van der Waals surface area contributed by atoms with E-state index in [1.807, 2.05) is 4.90 Å². The van der Waals surface area contributed by atoms with Gasteiger partial charge in [-0.2, -0.15) is 5.10 Å². The number of aromatic amines is 1. The summed E-state index contributed by atoms with van der Waals surface area (Å²) in [5, 5.41) is 22.4. The lowest BCUT2D eigenvalue weighted by molar-refractivity contribution is -0.162. The smallest absolute Gasteiger partial charge is 0.271 e. The Morgan fingerprint density at radius 1 is 1.22 bits per heavy atom. The predicted octanol–water partition coefficient (Wildman–Crippen LogP) is 3.01. The molecule has 11 heteroatoms. The van der Waals surface area contributed by atoms with E-state index in [2.05, 4.69) is 20.7 Å². The third-order valence-electron chi connectivity index (χ3n) is 6.13. The Kier molecular flexibility index (Phi) is 9.28. The second-order valence-electron chi connectivity index (χ2n) is 8.79. The number of aliphatic hydroxyl groups is 1. The highest BCUT2D eigenvalue weighted by Crippen LogP contribution is 2.32. The second kappa shape index (κ2) is 13.0. The molecule has 0 bridgehead atoms. The van der Waals surface area contributed by atoms with Crippen LogP contribution >= 0.6 is 0 Å². The van der Waals surface area contributed by atoms with Crippen molar-refractivity contribution in [1.29, 1.82) is 0 Å². The first-order valence-corrected chi connectivity index (χ1v) is 12.5. The fraction of sp³-hybridized carbons (Fsp3) is 0.520. The van der Waals surface area contributed by atoms with Crippen LogP contribution in [0.2, 0.25) is 0 Å². The summed E-state index contributed by atoms with van der Waals surface area (Å²) in [7, 11) is 0. The minimum Gasteiger partial charge on any atom is -0.494 e. The molecular formula is C25H33N5O6. The Morgan fingerprint density at radius 3 is 2.83 bits per heavy atom. The van der Waals surface area contributed by atoms with E-state index in [0.29, 0.717) is 43.3 Å². The molecular weight excluding hydrogens is 466 g/mol.